The van der Waals surface area contributed by atoms with E-state index in [1.807, 2.05) is 37.3 Å². The van der Waals surface area contributed by atoms with Crippen LogP contribution >= 0.6 is 11.8 Å². The van der Waals surface area contributed by atoms with Crippen molar-refractivity contribution in [1.29, 1.82) is 10.8 Å². The molecule has 15 heavy (non-hydrogen) atoms. The molecule has 0 saturated heterocycles. The van der Waals surface area contributed by atoms with Crippen molar-refractivity contribution in [2.45, 2.75) is 20.3 Å². The monoisotopic (exact) mass is 220 g/mol. The predicted molar refractivity (Wildman–Crippen MR) is 68.0 cm³/mol. The molecule has 2 N–H and O–H groups in total. The molecule has 0 saturated carbocycles. The molecule has 0 fully saturated rings. The molecule has 0 amide bonds. The van der Waals surface area contributed by atoms with Crippen LogP contribution in [0.25, 0.3) is 0 Å². The number of thioether (sulfide) groups is 1. The summed E-state index contributed by atoms with van der Waals surface area (Å²) in [7, 11) is 0. The Morgan fingerprint density at radius 1 is 1.27 bits per heavy atom. The van der Waals surface area contributed by atoms with E-state index in [0.29, 0.717) is 10.1 Å². The molecule has 1 aromatic carbocycles. The van der Waals surface area contributed by atoms with Crippen molar-refractivity contribution in [1.82, 2.24) is 0 Å². The van der Waals surface area contributed by atoms with Crippen LogP contribution in [0.4, 0.5) is 0 Å². The van der Waals surface area contributed by atoms with Gasteiger partial charge in [-0.3, -0.25) is 10.8 Å². The standard InChI is InChI=1S/C12H16N2S/c1-3-9(2)11(13)15-12(14)10-7-5-4-6-8-10/h4-9,13-14H,3H2,1-2H3. The van der Waals surface area contributed by atoms with Crippen LogP contribution in [0, 0.1) is 16.7 Å². The van der Waals surface area contributed by atoms with Gasteiger partial charge in [0.25, 0.3) is 0 Å². The fourth-order valence-corrected chi connectivity index (χ4v) is 1.89. The maximum atomic E-state index is 7.85. The van der Waals surface area contributed by atoms with Crippen LogP contribution in [-0.4, -0.2) is 10.1 Å². The Morgan fingerprint density at radius 3 is 2.40 bits per heavy atom. The first kappa shape index (κ1) is 12.0. The number of nitrogens with one attached hydrogen (secondary N) is 2. The Kier molecular flexibility index (Phi) is 4.56. The Bertz CT molecular complexity index is 346. The summed E-state index contributed by atoms with van der Waals surface area (Å²) in [5.74, 6) is 0.249. The maximum absolute atomic E-state index is 7.85. The lowest BCUT2D eigenvalue weighted by atomic mass is 10.1. The minimum atomic E-state index is 0.249. The first-order valence-corrected chi connectivity index (χ1v) is 5.87. The van der Waals surface area contributed by atoms with E-state index in [1.165, 1.54) is 11.8 Å². The zero-order chi connectivity index (χ0) is 11.3. The van der Waals surface area contributed by atoms with Crippen LogP contribution in [0.2, 0.25) is 0 Å². The predicted octanol–water partition coefficient (Wildman–Crippen LogP) is 3.77. The normalized spacial score (nSPS) is 12.1. The summed E-state index contributed by atoms with van der Waals surface area (Å²) in [6, 6.07) is 9.56. The third-order valence-corrected chi connectivity index (χ3v) is 3.37. The second-order valence-electron chi connectivity index (χ2n) is 3.47. The average molecular weight is 220 g/mol. The number of hydrogen-bond acceptors (Lipinski definition) is 3. The smallest absolute Gasteiger partial charge is 0.100 e. The van der Waals surface area contributed by atoms with Gasteiger partial charge in [0.2, 0.25) is 0 Å². The molecule has 1 atom stereocenters. The second kappa shape index (κ2) is 5.71. The molecule has 0 spiro atoms. The summed E-state index contributed by atoms with van der Waals surface area (Å²) < 4.78 is 0. The largest absolute Gasteiger partial charge is 0.298 e. The summed E-state index contributed by atoms with van der Waals surface area (Å²) in [4.78, 5) is 0. The molecule has 0 radical (unpaired) electrons. The highest BCUT2D eigenvalue weighted by atomic mass is 32.2. The van der Waals surface area contributed by atoms with Gasteiger partial charge in [-0.2, -0.15) is 0 Å². The molecule has 80 valence electrons. The third kappa shape index (κ3) is 3.51. The summed E-state index contributed by atoms with van der Waals surface area (Å²) in [6.07, 6.45) is 0.952. The van der Waals surface area contributed by atoms with Gasteiger partial charge in [-0.1, -0.05) is 55.9 Å². The van der Waals surface area contributed by atoms with E-state index in [0.717, 1.165) is 12.0 Å². The second-order valence-corrected chi connectivity index (χ2v) is 4.52. The lowest BCUT2D eigenvalue weighted by Crippen LogP contribution is -2.08. The Morgan fingerprint density at radius 2 is 1.87 bits per heavy atom. The van der Waals surface area contributed by atoms with Crippen LogP contribution in [0.5, 0.6) is 0 Å². The highest BCUT2D eigenvalue weighted by Crippen LogP contribution is 2.19. The number of rotatable bonds is 3. The fraction of sp³-hybridized carbons (Fsp3) is 0.333. The van der Waals surface area contributed by atoms with Crippen LogP contribution in [-0.2, 0) is 0 Å². The molecule has 1 unspecified atom stereocenters. The van der Waals surface area contributed by atoms with Gasteiger partial charge in [0.1, 0.15) is 5.04 Å². The maximum Gasteiger partial charge on any atom is 0.100 e. The SMILES string of the molecule is CCC(C)C(=N)SC(=N)c1ccccc1. The van der Waals surface area contributed by atoms with Crippen molar-refractivity contribution in [2.75, 3.05) is 0 Å². The first-order valence-electron chi connectivity index (χ1n) is 5.05. The number of hydrogen-bond donors (Lipinski definition) is 2. The third-order valence-electron chi connectivity index (χ3n) is 2.31. The zero-order valence-electron chi connectivity index (χ0n) is 9.08. The molecular weight excluding hydrogens is 204 g/mol. The van der Waals surface area contributed by atoms with Crippen LogP contribution in [0.15, 0.2) is 30.3 Å². The minimum Gasteiger partial charge on any atom is -0.298 e. The molecule has 0 aliphatic carbocycles. The summed E-state index contributed by atoms with van der Waals surface area (Å²) in [5.41, 5.74) is 0.885. The van der Waals surface area contributed by atoms with Gasteiger partial charge in [-0.15, -0.1) is 0 Å². The topological polar surface area (TPSA) is 47.7 Å². The molecular formula is C12H16N2S. The Labute approximate surface area is 95.1 Å². The van der Waals surface area contributed by atoms with Crippen molar-refractivity contribution in [3.05, 3.63) is 35.9 Å². The molecule has 2 nitrogen and oxygen atoms in total. The molecule has 0 bridgehead atoms. The number of benzene rings is 1. The molecule has 1 aromatic rings. The molecule has 3 heteroatoms. The van der Waals surface area contributed by atoms with Gasteiger partial charge in [0, 0.05) is 11.5 Å². The average Bonchev–Trinajstić information content (AvgIpc) is 2.29. The van der Waals surface area contributed by atoms with E-state index < -0.39 is 0 Å². The van der Waals surface area contributed by atoms with E-state index in [9.17, 15) is 0 Å². The van der Waals surface area contributed by atoms with Crippen LogP contribution in [0.3, 0.4) is 0 Å². The van der Waals surface area contributed by atoms with Crippen molar-refractivity contribution in [2.24, 2.45) is 5.92 Å². The first-order chi connectivity index (χ1) is 7.15. The fourth-order valence-electron chi connectivity index (χ4n) is 1.04. The highest BCUT2D eigenvalue weighted by molar-refractivity contribution is 8.26. The summed E-state index contributed by atoms with van der Waals surface area (Å²) >= 11 is 1.25. The lowest BCUT2D eigenvalue weighted by Gasteiger charge is -2.10. The van der Waals surface area contributed by atoms with Gasteiger partial charge >= 0.3 is 0 Å². The van der Waals surface area contributed by atoms with Crippen molar-refractivity contribution < 1.29 is 0 Å². The van der Waals surface area contributed by atoms with E-state index in [-0.39, 0.29) is 5.92 Å². The van der Waals surface area contributed by atoms with E-state index in [2.05, 4.69) is 6.92 Å². The Balaban J connectivity index is 2.61. The van der Waals surface area contributed by atoms with E-state index >= 15 is 0 Å². The molecule has 0 aliphatic rings. The van der Waals surface area contributed by atoms with Crippen LogP contribution < -0.4 is 0 Å². The van der Waals surface area contributed by atoms with Gasteiger partial charge in [0.15, 0.2) is 0 Å². The van der Waals surface area contributed by atoms with Gasteiger partial charge in [0.05, 0.1) is 5.04 Å². The van der Waals surface area contributed by atoms with Crippen LogP contribution in [0.1, 0.15) is 25.8 Å². The van der Waals surface area contributed by atoms with Crippen molar-refractivity contribution in [3.63, 3.8) is 0 Å². The lowest BCUT2D eigenvalue weighted by molar-refractivity contribution is 0.747. The quantitative estimate of drug-likeness (QED) is 0.591. The van der Waals surface area contributed by atoms with Crippen molar-refractivity contribution in [3.8, 4) is 0 Å². The molecule has 0 aromatic heterocycles. The zero-order valence-corrected chi connectivity index (χ0v) is 9.90. The molecule has 1 rings (SSSR count). The molecule has 0 heterocycles. The van der Waals surface area contributed by atoms with Gasteiger partial charge < -0.3 is 0 Å². The summed E-state index contributed by atoms with van der Waals surface area (Å²) in [5, 5.41) is 16.7. The summed E-state index contributed by atoms with van der Waals surface area (Å²) in [6.45, 7) is 4.08. The van der Waals surface area contributed by atoms with Gasteiger partial charge in [-0.25, -0.2) is 0 Å². The molecule has 0 aliphatic heterocycles. The minimum absolute atomic E-state index is 0.249. The van der Waals surface area contributed by atoms with E-state index in [4.69, 9.17) is 10.8 Å². The van der Waals surface area contributed by atoms with Crippen molar-refractivity contribution >= 4 is 21.8 Å². The van der Waals surface area contributed by atoms with Gasteiger partial charge in [-0.05, 0) is 6.42 Å². The highest BCUT2D eigenvalue weighted by Gasteiger charge is 2.10. The Hall–Kier alpha value is -1.09. The van der Waals surface area contributed by atoms with E-state index in [1.54, 1.807) is 0 Å².